The molecule has 0 unspecified atom stereocenters. The molecule has 12 aromatic rings. The standard InChI is InChI=1S/C58H38N2S/c1-2-16-44(17-3-1)59(45-33-31-40(32-34-45)39-27-29-42(30-28-39)49-22-11-14-41-13-4-5-19-48(41)49)46-18-10-15-43(37-46)50-23-12-25-55-58(50)53-21-6-8-24-54(53)60(55)47-35-36-52-51-20-7-9-26-56(51)61-57(52)38-47/h1-38H. The molecule has 3 heteroatoms. The van der Waals surface area contributed by atoms with Crippen LogP contribution in [0.15, 0.2) is 231 Å². The van der Waals surface area contributed by atoms with Gasteiger partial charge in [-0.1, -0.05) is 164 Å². The Labute approximate surface area is 358 Å². The average molecular weight is 795 g/mol. The summed E-state index contributed by atoms with van der Waals surface area (Å²) in [5, 5.41) is 7.67. The van der Waals surface area contributed by atoms with E-state index >= 15 is 0 Å². The number of hydrogen-bond donors (Lipinski definition) is 0. The Kier molecular flexibility index (Phi) is 8.39. The monoisotopic (exact) mass is 794 g/mol. The van der Waals surface area contributed by atoms with Crippen molar-refractivity contribution < 1.29 is 0 Å². The highest BCUT2D eigenvalue weighted by Gasteiger charge is 2.19. The van der Waals surface area contributed by atoms with Crippen LogP contribution in [-0.4, -0.2) is 4.57 Å². The van der Waals surface area contributed by atoms with Crippen LogP contribution in [0.25, 0.3) is 91.8 Å². The van der Waals surface area contributed by atoms with Gasteiger partial charge in [0.15, 0.2) is 0 Å². The van der Waals surface area contributed by atoms with Gasteiger partial charge in [-0.25, -0.2) is 0 Å². The molecule has 0 aliphatic rings. The van der Waals surface area contributed by atoms with Gasteiger partial charge in [-0.15, -0.1) is 11.3 Å². The lowest BCUT2D eigenvalue weighted by atomic mass is 9.96. The normalized spacial score (nSPS) is 11.6. The summed E-state index contributed by atoms with van der Waals surface area (Å²) in [7, 11) is 0. The maximum atomic E-state index is 2.44. The topological polar surface area (TPSA) is 8.17 Å². The Morgan fingerprint density at radius 3 is 1.77 bits per heavy atom. The predicted molar refractivity (Wildman–Crippen MR) is 262 cm³/mol. The number of nitrogens with zero attached hydrogens (tertiary/aromatic N) is 2. The second kappa shape index (κ2) is 14.5. The van der Waals surface area contributed by atoms with Crippen LogP contribution in [0.1, 0.15) is 0 Å². The molecule has 0 atom stereocenters. The molecule has 0 aliphatic carbocycles. The molecule has 2 aromatic heterocycles. The van der Waals surface area contributed by atoms with E-state index in [-0.39, 0.29) is 0 Å². The Balaban J connectivity index is 0.928. The second-order valence-corrected chi connectivity index (χ2v) is 16.8. The number of anilines is 3. The fourth-order valence-electron chi connectivity index (χ4n) is 9.35. The number of para-hydroxylation sites is 2. The first-order valence-electron chi connectivity index (χ1n) is 20.8. The van der Waals surface area contributed by atoms with E-state index in [0.717, 1.165) is 17.1 Å². The van der Waals surface area contributed by atoms with Crippen molar-refractivity contribution in [3.05, 3.63) is 231 Å². The molecule has 0 amide bonds. The van der Waals surface area contributed by atoms with Gasteiger partial charge in [-0.05, 0) is 111 Å². The SMILES string of the molecule is c1ccc(N(c2ccc(-c3ccc(-c4cccc5ccccc45)cc3)cc2)c2cccc(-c3cccc4c3c3ccccc3n4-c3ccc4c(c3)sc3ccccc34)c2)cc1. The maximum Gasteiger partial charge on any atom is 0.0547 e. The zero-order valence-electron chi connectivity index (χ0n) is 33.2. The largest absolute Gasteiger partial charge is 0.310 e. The lowest BCUT2D eigenvalue weighted by Crippen LogP contribution is -2.09. The van der Waals surface area contributed by atoms with Gasteiger partial charge in [0.2, 0.25) is 0 Å². The summed E-state index contributed by atoms with van der Waals surface area (Å²) >= 11 is 1.87. The number of fused-ring (bicyclic) bond motifs is 7. The third-order valence-corrected chi connectivity index (χ3v) is 13.3. The van der Waals surface area contributed by atoms with Gasteiger partial charge >= 0.3 is 0 Å². The molecular weight excluding hydrogens is 757 g/mol. The van der Waals surface area contributed by atoms with E-state index < -0.39 is 0 Å². The minimum atomic E-state index is 1.10. The summed E-state index contributed by atoms with van der Waals surface area (Å²) in [6.45, 7) is 0. The van der Waals surface area contributed by atoms with Gasteiger partial charge in [0, 0.05) is 53.7 Å². The smallest absolute Gasteiger partial charge is 0.0547 e. The van der Waals surface area contributed by atoms with Gasteiger partial charge in [0.1, 0.15) is 0 Å². The van der Waals surface area contributed by atoms with Crippen molar-refractivity contribution in [1.29, 1.82) is 0 Å². The van der Waals surface area contributed by atoms with E-state index in [1.54, 1.807) is 0 Å². The zero-order valence-corrected chi connectivity index (χ0v) is 34.1. The van der Waals surface area contributed by atoms with Crippen molar-refractivity contribution in [3.63, 3.8) is 0 Å². The van der Waals surface area contributed by atoms with Crippen LogP contribution in [0.5, 0.6) is 0 Å². The van der Waals surface area contributed by atoms with Crippen LogP contribution in [0, 0.1) is 0 Å². The molecule has 0 N–H and O–H groups in total. The zero-order chi connectivity index (χ0) is 40.3. The highest BCUT2D eigenvalue weighted by molar-refractivity contribution is 7.25. The molecule has 2 nitrogen and oxygen atoms in total. The van der Waals surface area contributed by atoms with Gasteiger partial charge in [-0.2, -0.15) is 0 Å². The summed E-state index contributed by atoms with van der Waals surface area (Å²) in [5.74, 6) is 0. The first-order chi connectivity index (χ1) is 30.2. The summed E-state index contributed by atoms with van der Waals surface area (Å²) in [4.78, 5) is 2.36. The predicted octanol–water partition coefficient (Wildman–Crippen LogP) is 16.8. The summed E-state index contributed by atoms with van der Waals surface area (Å²) in [6.07, 6.45) is 0. The molecule has 0 fully saturated rings. The molecule has 0 bridgehead atoms. The van der Waals surface area contributed by atoms with Crippen LogP contribution >= 0.6 is 11.3 Å². The lowest BCUT2D eigenvalue weighted by Gasteiger charge is -2.26. The van der Waals surface area contributed by atoms with Gasteiger partial charge in [0.25, 0.3) is 0 Å². The van der Waals surface area contributed by atoms with E-state index in [4.69, 9.17) is 0 Å². The summed E-state index contributed by atoms with van der Waals surface area (Å²) < 4.78 is 5.07. The minimum absolute atomic E-state index is 1.10. The molecule has 61 heavy (non-hydrogen) atoms. The Morgan fingerprint density at radius 2 is 0.918 bits per heavy atom. The first-order valence-corrected chi connectivity index (χ1v) is 21.6. The molecule has 0 aliphatic heterocycles. The highest BCUT2D eigenvalue weighted by atomic mass is 32.1. The quantitative estimate of drug-likeness (QED) is 0.156. The third kappa shape index (κ3) is 6.01. The Bertz CT molecular complexity index is 3570. The second-order valence-electron chi connectivity index (χ2n) is 15.7. The summed E-state index contributed by atoms with van der Waals surface area (Å²) in [6, 6.07) is 84.1. The van der Waals surface area contributed by atoms with E-state index in [2.05, 4.69) is 240 Å². The van der Waals surface area contributed by atoms with E-state index in [1.807, 2.05) is 11.3 Å². The van der Waals surface area contributed by atoms with Crippen LogP contribution in [-0.2, 0) is 0 Å². The number of aromatic nitrogens is 1. The lowest BCUT2D eigenvalue weighted by molar-refractivity contribution is 1.19. The highest BCUT2D eigenvalue weighted by Crippen LogP contribution is 2.43. The van der Waals surface area contributed by atoms with Crippen LogP contribution in [0.3, 0.4) is 0 Å². The number of rotatable bonds is 7. The van der Waals surface area contributed by atoms with E-state index in [1.165, 1.54) is 91.8 Å². The molecular formula is C58H38N2S. The molecule has 0 saturated carbocycles. The molecule has 12 rings (SSSR count). The fourth-order valence-corrected chi connectivity index (χ4v) is 10.5. The van der Waals surface area contributed by atoms with Crippen molar-refractivity contribution in [3.8, 4) is 39.1 Å². The van der Waals surface area contributed by atoms with E-state index in [9.17, 15) is 0 Å². The minimum Gasteiger partial charge on any atom is -0.310 e. The van der Waals surface area contributed by atoms with Crippen molar-refractivity contribution in [1.82, 2.24) is 4.57 Å². The molecule has 2 heterocycles. The molecule has 0 spiro atoms. The van der Waals surface area contributed by atoms with Crippen molar-refractivity contribution in [2.45, 2.75) is 0 Å². The van der Waals surface area contributed by atoms with Gasteiger partial charge < -0.3 is 9.47 Å². The molecule has 0 radical (unpaired) electrons. The van der Waals surface area contributed by atoms with Crippen molar-refractivity contribution in [2.24, 2.45) is 0 Å². The third-order valence-electron chi connectivity index (χ3n) is 12.2. The van der Waals surface area contributed by atoms with Crippen LogP contribution in [0.4, 0.5) is 17.1 Å². The van der Waals surface area contributed by atoms with Crippen molar-refractivity contribution >= 4 is 81.1 Å². The first kappa shape index (κ1) is 35.2. The van der Waals surface area contributed by atoms with Crippen molar-refractivity contribution in [2.75, 3.05) is 4.90 Å². The summed E-state index contributed by atoms with van der Waals surface area (Å²) in [5.41, 5.74) is 14.1. The van der Waals surface area contributed by atoms with Gasteiger partial charge in [0.05, 0.1) is 11.0 Å². The average Bonchev–Trinajstić information content (AvgIpc) is 3.88. The fraction of sp³-hybridized carbons (Fsp3) is 0. The number of hydrogen-bond acceptors (Lipinski definition) is 2. The Hall–Kier alpha value is -7.72. The Morgan fingerprint density at radius 1 is 0.328 bits per heavy atom. The number of thiophene rings is 1. The van der Waals surface area contributed by atoms with Crippen LogP contribution in [0.2, 0.25) is 0 Å². The van der Waals surface area contributed by atoms with Crippen LogP contribution < -0.4 is 4.90 Å². The molecule has 0 saturated heterocycles. The van der Waals surface area contributed by atoms with Gasteiger partial charge in [-0.3, -0.25) is 0 Å². The maximum absolute atomic E-state index is 2.44. The van der Waals surface area contributed by atoms with E-state index in [0.29, 0.717) is 0 Å². The molecule has 10 aromatic carbocycles. The molecule has 286 valence electrons. The number of benzene rings is 10.